The minimum absolute atomic E-state index is 0.215. The van der Waals surface area contributed by atoms with E-state index < -0.39 is 5.60 Å². The van der Waals surface area contributed by atoms with E-state index in [0.29, 0.717) is 38.5 Å². The highest BCUT2D eigenvalue weighted by molar-refractivity contribution is 5.70. The predicted octanol–water partition coefficient (Wildman–Crippen LogP) is 3.55. The van der Waals surface area contributed by atoms with E-state index in [0.717, 1.165) is 40.4 Å². The first-order chi connectivity index (χ1) is 15.1. The van der Waals surface area contributed by atoms with Crippen LogP contribution in [0.15, 0.2) is 18.2 Å². The number of hydrogen-bond donors (Lipinski definition) is 1. The molecule has 2 aliphatic heterocycles. The highest BCUT2D eigenvalue weighted by Crippen LogP contribution is 2.32. The summed E-state index contributed by atoms with van der Waals surface area (Å²) in [5.74, 6) is 1.59. The van der Waals surface area contributed by atoms with Gasteiger partial charge in [0.05, 0.1) is 31.5 Å². The normalized spacial score (nSPS) is 19.0. The van der Waals surface area contributed by atoms with E-state index >= 15 is 0 Å². The average molecular weight is 440 g/mol. The molecule has 0 radical (unpaired) electrons. The molecule has 1 saturated heterocycles. The lowest BCUT2D eigenvalue weighted by Crippen LogP contribution is -2.46. The molecule has 0 spiro atoms. The van der Waals surface area contributed by atoms with Crippen LogP contribution in [0.1, 0.15) is 44.5 Å². The highest BCUT2D eigenvalue weighted by Gasteiger charge is 2.32. The van der Waals surface area contributed by atoms with Crippen LogP contribution in [0.3, 0.4) is 0 Å². The zero-order valence-corrected chi connectivity index (χ0v) is 19.6. The van der Waals surface area contributed by atoms with Crippen LogP contribution in [-0.4, -0.2) is 58.9 Å². The Bertz CT molecular complexity index is 1020. The monoisotopic (exact) mass is 439 g/mol. The third-order valence-corrected chi connectivity index (χ3v) is 5.86. The molecule has 2 aliphatic rings. The largest absolute Gasteiger partial charge is 0.444 e. The molecule has 1 amide bonds. The number of benzene rings is 1. The summed E-state index contributed by atoms with van der Waals surface area (Å²) in [7, 11) is 0. The van der Waals surface area contributed by atoms with Crippen LogP contribution in [0, 0.1) is 6.92 Å². The molecule has 1 atom stereocenters. The van der Waals surface area contributed by atoms with Crippen molar-refractivity contribution in [2.24, 2.45) is 0 Å². The summed E-state index contributed by atoms with van der Waals surface area (Å²) < 4.78 is 11.3. The van der Waals surface area contributed by atoms with Gasteiger partial charge >= 0.3 is 6.09 Å². The molecular formula is C24H33N5O3. The van der Waals surface area contributed by atoms with Gasteiger partial charge in [-0.25, -0.2) is 14.8 Å². The molecule has 4 rings (SSSR count). The molecule has 1 aromatic carbocycles. The molecule has 1 aromatic heterocycles. The first-order valence-corrected chi connectivity index (χ1v) is 11.2. The van der Waals surface area contributed by atoms with Crippen LogP contribution >= 0.6 is 0 Å². The molecule has 8 heteroatoms. The van der Waals surface area contributed by atoms with E-state index in [-0.39, 0.29) is 12.1 Å². The smallest absolute Gasteiger partial charge is 0.410 e. The number of hydrogen-bond acceptors (Lipinski definition) is 7. The number of amides is 1. The van der Waals surface area contributed by atoms with Crippen LogP contribution in [0.25, 0.3) is 11.4 Å². The molecule has 3 heterocycles. The lowest BCUT2D eigenvalue weighted by Gasteiger charge is -2.38. The van der Waals surface area contributed by atoms with Gasteiger partial charge in [0.15, 0.2) is 5.82 Å². The van der Waals surface area contributed by atoms with Crippen LogP contribution in [-0.2, 0) is 22.4 Å². The molecular weight excluding hydrogens is 406 g/mol. The first-order valence-electron chi connectivity index (χ1n) is 11.2. The minimum atomic E-state index is -0.538. The van der Waals surface area contributed by atoms with Gasteiger partial charge in [0, 0.05) is 29.9 Å². The second-order valence-corrected chi connectivity index (χ2v) is 9.64. The molecule has 8 nitrogen and oxygen atoms in total. The van der Waals surface area contributed by atoms with Gasteiger partial charge in [-0.05, 0) is 64.8 Å². The summed E-state index contributed by atoms with van der Waals surface area (Å²) in [6.07, 6.45) is 0.377. The second-order valence-electron chi connectivity index (χ2n) is 9.64. The maximum atomic E-state index is 12.7. The number of carbonyl (C=O) groups excluding carboxylic acids is 1. The number of morpholine rings is 1. The first kappa shape index (κ1) is 22.3. The van der Waals surface area contributed by atoms with Crippen LogP contribution in [0.5, 0.6) is 0 Å². The molecule has 0 saturated carbocycles. The maximum absolute atomic E-state index is 12.7. The molecule has 1 unspecified atom stereocenters. The van der Waals surface area contributed by atoms with Crippen molar-refractivity contribution in [3.8, 4) is 11.4 Å². The number of rotatable bonds is 2. The second kappa shape index (κ2) is 8.58. The van der Waals surface area contributed by atoms with Gasteiger partial charge in [0.2, 0.25) is 0 Å². The number of nitrogens with zero attached hydrogens (tertiary/aromatic N) is 4. The third kappa shape index (κ3) is 4.65. The number of carbonyl (C=O) groups is 1. The molecule has 2 N–H and O–H groups in total. The maximum Gasteiger partial charge on any atom is 0.410 e. The van der Waals surface area contributed by atoms with Gasteiger partial charge in [-0.1, -0.05) is 0 Å². The van der Waals surface area contributed by atoms with Crippen LogP contribution in [0.4, 0.5) is 16.3 Å². The molecule has 0 aliphatic carbocycles. The number of aromatic nitrogens is 2. The van der Waals surface area contributed by atoms with Gasteiger partial charge in [-0.3, -0.25) is 0 Å². The summed E-state index contributed by atoms with van der Waals surface area (Å²) in [6.45, 7) is 12.9. The zero-order chi connectivity index (χ0) is 23.0. The predicted molar refractivity (Wildman–Crippen MR) is 125 cm³/mol. The van der Waals surface area contributed by atoms with E-state index in [2.05, 4.69) is 11.8 Å². The Hall–Kier alpha value is -2.87. The number of ether oxygens (including phenoxy) is 2. The van der Waals surface area contributed by atoms with Gasteiger partial charge in [-0.15, -0.1) is 0 Å². The fourth-order valence-electron chi connectivity index (χ4n) is 4.12. The standard InChI is InChI=1S/C24H33N5O3/c1-15-12-17(6-7-19(15)25)21-26-20-13-28(23(30)32-24(3,4)5)9-8-18(20)22(27-21)29-10-11-31-14-16(29)2/h6-7,12,16H,8-11,13-14,25H2,1-5H3. The Balaban J connectivity index is 1.75. The van der Waals surface area contributed by atoms with Gasteiger partial charge in [0.25, 0.3) is 0 Å². The Labute approximate surface area is 189 Å². The van der Waals surface area contributed by atoms with Gasteiger partial charge < -0.3 is 25.0 Å². The van der Waals surface area contributed by atoms with Crippen LogP contribution in [0.2, 0.25) is 0 Å². The van der Waals surface area contributed by atoms with Crippen molar-refractivity contribution in [2.75, 3.05) is 36.9 Å². The average Bonchev–Trinajstić information content (AvgIpc) is 2.73. The minimum Gasteiger partial charge on any atom is -0.444 e. The van der Waals surface area contributed by atoms with E-state index in [1.54, 1.807) is 4.90 Å². The van der Waals surface area contributed by atoms with Crippen LogP contribution < -0.4 is 10.6 Å². The molecule has 1 fully saturated rings. The van der Waals surface area contributed by atoms with E-state index in [4.69, 9.17) is 25.2 Å². The van der Waals surface area contributed by atoms with Gasteiger partial charge in [0.1, 0.15) is 11.4 Å². The number of nitrogen functional groups attached to an aromatic ring is 1. The third-order valence-electron chi connectivity index (χ3n) is 5.86. The number of anilines is 2. The van der Waals surface area contributed by atoms with Gasteiger partial charge in [-0.2, -0.15) is 0 Å². The summed E-state index contributed by atoms with van der Waals surface area (Å²) >= 11 is 0. The lowest BCUT2D eigenvalue weighted by molar-refractivity contribution is 0.0220. The Kier molecular flexibility index (Phi) is 5.99. The van der Waals surface area contributed by atoms with Crippen molar-refractivity contribution in [3.63, 3.8) is 0 Å². The van der Waals surface area contributed by atoms with E-state index in [1.165, 1.54) is 0 Å². The number of fused-ring (bicyclic) bond motifs is 1. The molecule has 172 valence electrons. The fraction of sp³-hybridized carbons (Fsp3) is 0.542. The number of nitrogens with two attached hydrogens (primary N) is 1. The highest BCUT2D eigenvalue weighted by atomic mass is 16.6. The van der Waals surface area contributed by atoms with Crippen molar-refractivity contribution in [1.29, 1.82) is 0 Å². The fourth-order valence-corrected chi connectivity index (χ4v) is 4.12. The Morgan fingerprint density at radius 3 is 2.72 bits per heavy atom. The summed E-state index contributed by atoms with van der Waals surface area (Å²) in [4.78, 5) is 26.7. The number of aryl methyl sites for hydroxylation is 1. The quantitative estimate of drug-likeness (QED) is 0.715. The Morgan fingerprint density at radius 1 is 1.25 bits per heavy atom. The molecule has 0 bridgehead atoms. The molecule has 32 heavy (non-hydrogen) atoms. The summed E-state index contributed by atoms with van der Waals surface area (Å²) in [5.41, 5.74) is 10.1. The Morgan fingerprint density at radius 2 is 2.03 bits per heavy atom. The van der Waals surface area contributed by atoms with E-state index in [1.807, 2.05) is 45.9 Å². The van der Waals surface area contributed by atoms with Crippen molar-refractivity contribution in [2.45, 2.75) is 59.2 Å². The summed E-state index contributed by atoms with van der Waals surface area (Å²) in [5, 5.41) is 0. The zero-order valence-electron chi connectivity index (χ0n) is 19.6. The van der Waals surface area contributed by atoms with Crippen molar-refractivity contribution >= 4 is 17.6 Å². The SMILES string of the molecule is Cc1cc(-c2nc3c(c(N4CCOCC4C)n2)CCN(C(=O)OC(C)(C)C)C3)ccc1N. The van der Waals surface area contributed by atoms with E-state index in [9.17, 15) is 4.79 Å². The lowest BCUT2D eigenvalue weighted by atomic mass is 10.0. The van der Waals surface area contributed by atoms with Crippen molar-refractivity contribution < 1.29 is 14.3 Å². The summed E-state index contributed by atoms with van der Waals surface area (Å²) in [6, 6.07) is 6.06. The van der Waals surface area contributed by atoms with Crippen molar-refractivity contribution in [3.05, 3.63) is 35.0 Å². The van der Waals surface area contributed by atoms with Crippen molar-refractivity contribution in [1.82, 2.24) is 14.9 Å². The molecule has 2 aromatic rings. The topological polar surface area (TPSA) is 93.8 Å².